The number of carbonyl (C=O) groups excluding carboxylic acids is 2. The number of ether oxygens (including phenoxy) is 1. The van der Waals surface area contributed by atoms with Crippen LogP contribution in [0.5, 0.6) is 0 Å². The second kappa shape index (κ2) is 11.8. The molecule has 4 heterocycles. The summed E-state index contributed by atoms with van der Waals surface area (Å²) in [5.41, 5.74) is 8.07. The number of nitrogens with zero attached hydrogens (tertiary/aromatic N) is 4. The lowest BCUT2D eigenvalue weighted by Gasteiger charge is -2.21. The van der Waals surface area contributed by atoms with Crippen LogP contribution in [0.1, 0.15) is 47.6 Å². The first-order chi connectivity index (χ1) is 20.9. The van der Waals surface area contributed by atoms with Crippen molar-refractivity contribution in [2.45, 2.75) is 31.9 Å². The van der Waals surface area contributed by atoms with Crippen molar-refractivity contribution in [2.24, 2.45) is 0 Å². The molecule has 1 saturated heterocycles. The third-order valence-electron chi connectivity index (χ3n) is 7.31. The molecule has 1 aliphatic rings. The van der Waals surface area contributed by atoms with Gasteiger partial charge in [-0.25, -0.2) is 9.50 Å². The highest BCUT2D eigenvalue weighted by molar-refractivity contribution is 5.98. The number of imidazole rings is 1. The third kappa shape index (κ3) is 5.43. The Morgan fingerprint density at radius 1 is 1.14 bits per heavy atom. The molecule has 4 N–H and O–H groups in total. The SMILES string of the molecule is CC(NC(=O)c1c(N)nc2cccnn12)c1cc2cccc(C#CCNC(=O)[C@H]3CCCO3)c2c(=O)n1-c1ccccc1. The summed E-state index contributed by atoms with van der Waals surface area (Å²) in [5, 5.41) is 11.1. The number of carbonyl (C=O) groups is 2. The third-order valence-corrected chi connectivity index (χ3v) is 7.31. The molecule has 3 aromatic heterocycles. The van der Waals surface area contributed by atoms with E-state index >= 15 is 0 Å². The van der Waals surface area contributed by atoms with Gasteiger partial charge in [-0.2, -0.15) is 5.10 Å². The van der Waals surface area contributed by atoms with Crippen LogP contribution in [0.4, 0.5) is 5.82 Å². The smallest absolute Gasteiger partial charge is 0.274 e. The van der Waals surface area contributed by atoms with E-state index in [1.807, 2.05) is 48.5 Å². The van der Waals surface area contributed by atoms with E-state index in [4.69, 9.17) is 10.5 Å². The molecule has 11 nitrogen and oxygen atoms in total. The lowest BCUT2D eigenvalue weighted by molar-refractivity contribution is -0.129. The predicted octanol–water partition coefficient (Wildman–Crippen LogP) is 2.75. The molecule has 2 amide bonds. The van der Waals surface area contributed by atoms with Crippen LogP contribution in [0.25, 0.3) is 22.1 Å². The van der Waals surface area contributed by atoms with E-state index in [-0.39, 0.29) is 29.5 Å². The Balaban J connectivity index is 1.36. The molecule has 5 aromatic rings. The van der Waals surface area contributed by atoms with Crippen LogP contribution < -0.4 is 21.9 Å². The molecule has 43 heavy (non-hydrogen) atoms. The van der Waals surface area contributed by atoms with Crippen molar-refractivity contribution in [3.05, 3.63) is 100 Å². The Kier molecular flexibility index (Phi) is 7.59. The van der Waals surface area contributed by atoms with Gasteiger partial charge in [0.05, 0.1) is 18.0 Å². The summed E-state index contributed by atoms with van der Waals surface area (Å²) in [5.74, 6) is 5.41. The molecule has 0 aliphatic carbocycles. The van der Waals surface area contributed by atoms with Gasteiger partial charge in [0.1, 0.15) is 6.10 Å². The largest absolute Gasteiger partial charge is 0.382 e. The summed E-state index contributed by atoms with van der Waals surface area (Å²) in [6.45, 7) is 2.51. The van der Waals surface area contributed by atoms with E-state index in [0.29, 0.717) is 46.4 Å². The van der Waals surface area contributed by atoms with Crippen LogP contribution in [0, 0.1) is 11.8 Å². The molecule has 1 aliphatic heterocycles. The first-order valence-corrected chi connectivity index (χ1v) is 13.9. The number of nitrogen functional groups attached to an aromatic ring is 1. The molecule has 2 atom stereocenters. The molecule has 216 valence electrons. The van der Waals surface area contributed by atoms with Gasteiger partial charge in [0.2, 0.25) is 5.91 Å². The number of rotatable bonds is 6. The number of nitrogens with two attached hydrogens (primary N) is 1. The molecule has 0 radical (unpaired) electrons. The van der Waals surface area contributed by atoms with E-state index in [2.05, 4.69) is 32.6 Å². The number of hydrogen-bond donors (Lipinski definition) is 3. The number of fused-ring (bicyclic) bond motifs is 2. The predicted molar refractivity (Wildman–Crippen MR) is 162 cm³/mol. The van der Waals surface area contributed by atoms with Crippen molar-refractivity contribution >= 4 is 34.1 Å². The normalized spacial score (nSPS) is 15.1. The van der Waals surface area contributed by atoms with Crippen molar-refractivity contribution < 1.29 is 14.3 Å². The summed E-state index contributed by atoms with van der Waals surface area (Å²) < 4.78 is 8.38. The topological polar surface area (TPSA) is 146 Å². The Morgan fingerprint density at radius 3 is 2.77 bits per heavy atom. The first-order valence-electron chi connectivity index (χ1n) is 13.9. The number of anilines is 1. The fourth-order valence-electron chi connectivity index (χ4n) is 5.27. The molecule has 0 saturated carbocycles. The van der Waals surface area contributed by atoms with Gasteiger partial charge in [-0.1, -0.05) is 42.2 Å². The van der Waals surface area contributed by atoms with Crippen molar-refractivity contribution in [1.82, 2.24) is 29.8 Å². The average Bonchev–Trinajstić information content (AvgIpc) is 3.67. The van der Waals surface area contributed by atoms with Gasteiger partial charge in [0.15, 0.2) is 17.2 Å². The maximum atomic E-state index is 14.2. The van der Waals surface area contributed by atoms with Gasteiger partial charge in [-0.3, -0.25) is 19.0 Å². The summed E-state index contributed by atoms with van der Waals surface area (Å²) in [7, 11) is 0. The lowest BCUT2D eigenvalue weighted by Crippen LogP contribution is -2.34. The highest BCUT2D eigenvalue weighted by atomic mass is 16.5. The number of nitrogens with one attached hydrogen (secondary N) is 2. The molecule has 0 bridgehead atoms. The van der Waals surface area contributed by atoms with Gasteiger partial charge < -0.3 is 21.1 Å². The van der Waals surface area contributed by atoms with Crippen molar-refractivity contribution in [2.75, 3.05) is 18.9 Å². The van der Waals surface area contributed by atoms with Crippen molar-refractivity contribution in [3.8, 4) is 17.5 Å². The van der Waals surface area contributed by atoms with Crippen molar-refractivity contribution in [1.29, 1.82) is 0 Å². The minimum atomic E-state index is -0.610. The standard InChI is InChI=1S/C32H29N7O4/c1-20(36-31(41)28-29(33)37-26-15-7-17-35-39(26)28)24-19-22-10-5-9-21(11-6-16-34-30(40)25-14-8-18-43-25)27(22)32(42)38(24)23-12-3-2-4-13-23/h2-5,7,9-10,12-13,15,17,19-20,25H,8,14,16,18,33H2,1H3,(H,34,40)(H,36,41)/t20?,25-/m1/s1. The number of hydrogen-bond acceptors (Lipinski definition) is 7. The molecule has 6 rings (SSSR count). The number of amides is 2. The highest BCUT2D eigenvalue weighted by Crippen LogP contribution is 2.24. The van der Waals surface area contributed by atoms with E-state index in [1.54, 1.807) is 35.9 Å². The first kappa shape index (κ1) is 27.7. The molecule has 0 spiro atoms. The monoisotopic (exact) mass is 575 g/mol. The van der Waals surface area contributed by atoms with E-state index in [9.17, 15) is 14.4 Å². The second-order valence-corrected chi connectivity index (χ2v) is 10.2. The average molecular weight is 576 g/mol. The molecular formula is C32H29N7O4. The highest BCUT2D eigenvalue weighted by Gasteiger charge is 2.24. The Hall–Kier alpha value is -5.47. The van der Waals surface area contributed by atoms with E-state index in [0.717, 1.165) is 6.42 Å². The fraction of sp³-hybridized carbons (Fsp3) is 0.219. The van der Waals surface area contributed by atoms with Gasteiger partial charge in [-0.15, -0.1) is 0 Å². The number of para-hydroxylation sites is 1. The molecule has 11 heteroatoms. The zero-order valence-corrected chi connectivity index (χ0v) is 23.4. The minimum absolute atomic E-state index is 0.0533. The zero-order valence-electron chi connectivity index (χ0n) is 23.4. The Morgan fingerprint density at radius 2 is 1.98 bits per heavy atom. The van der Waals surface area contributed by atoms with Crippen LogP contribution in [-0.4, -0.2) is 50.2 Å². The van der Waals surface area contributed by atoms with Gasteiger partial charge in [0.25, 0.3) is 11.5 Å². The van der Waals surface area contributed by atoms with E-state index < -0.39 is 18.1 Å². The summed E-state index contributed by atoms with van der Waals surface area (Å²) in [6, 6.07) is 19.3. The summed E-state index contributed by atoms with van der Waals surface area (Å²) in [4.78, 5) is 44.1. The maximum absolute atomic E-state index is 14.2. The van der Waals surface area contributed by atoms with Crippen LogP contribution in [0.15, 0.2) is 77.7 Å². The van der Waals surface area contributed by atoms with Crippen LogP contribution in [-0.2, 0) is 9.53 Å². The van der Waals surface area contributed by atoms with Crippen molar-refractivity contribution in [3.63, 3.8) is 0 Å². The molecule has 1 fully saturated rings. The van der Waals surface area contributed by atoms with E-state index in [1.165, 1.54) is 4.52 Å². The fourth-order valence-corrected chi connectivity index (χ4v) is 5.27. The Labute approximate surface area is 246 Å². The molecule has 1 unspecified atom stereocenters. The van der Waals surface area contributed by atoms with Crippen LogP contribution in [0.2, 0.25) is 0 Å². The van der Waals surface area contributed by atoms with Crippen LogP contribution >= 0.6 is 0 Å². The number of benzene rings is 2. The Bertz CT molecular complexity index is 1960. The zero-order chi connectivity index (χ0) is 29.9. The molecule has 2 aromatic carbocycles. The molecular weight excluding hydrogens is 546 g/mol. The second-order valence-electron chi connectivity index (χ2n) is 10.2. The quantitative estimate of drug-likeness (QED) is 0.264. The number of pyridine rings is 1. The number of aromatic nitrogens is 4. The summed E-state index contributed by atoms with van der Waals surface area (Å²) >= 11 is 0. The lowest BCUT2D eigenvalue weighted by atomic mass is 10.0. The maximum Gasteiger partial charge on any atom is 0.274 e. The van der Waals surface area contributed by atoms with Gasteiger partial charge in [-0.05, 0) is 61.5 Å². The van der Waals surface area contributed by atoms with Gasteiger partial charge >= 0.3 is 0 Å². The summed E-state index contributed by atoms with van der Waals surface area (Å²) in [6.07, 6.45) is 2.68. The minimum Gasteiger partial charge on any atom is -0.382 e. The van der Waals surface area contributed by atoms with Crippen LogP contribution in [0.3, 0.4) is 0 Å². The van der Waals surface area contributed by atoms with Gasteiger partial charge in [0, 0.05) is 29.7 Å².